The molecule has 0 aliphatic rings. The summed E-state index contributed by atoms with van der Waals surface area (Å²) in [4.78, 5) is 0. The lowest BCUT2D eigenvalue weighted by Crippen LogP contribution is -2.05. The Morgan fingerprint density at radius 3 is 2.76 bits per heavy atom. The molecule has 0 heterocycles. The molecule has 21 heavy (non-hydrogen) atoms. The van der Waals surface area contributed by atoms with Crippen LogP contribution in [0.1, 0.15) is 5.56 Å². The van der Waals surface area contributed by atoms with Crippen molar-refractivity contribution in [2.24, 2.45) is 0 Å². The van der Waals surface area contributed by atoms with Gasteiger partial charge in [0.05, 0.1) is 6.61 Å². The lowest BCUT2D eigenvalue weighted by molar-refractivity contribution is 0.146. The smallest absolute Gasteiger partial charge is 0.165 e. The largest absolute Gasteiger partial charge is 0.505 e. The summed E-state index contributed by atoms with van der Waals surface area (Å²) in [5, 5.41) is 12.3. The van der Waals surface area contributed by atoms with Gasteiger partial charge in [-0.15, -0.1) is 0 Å². The first-order valence-corrected chi connectivity index (χ1v) is 6.62. The van der Waals surface area contributed by atoms with Crippen LogP contribution in [0.2, 0.25) is 0 Å². The Morgan fingerprint density at radius 1 is 1.14 bits per heavy atom. The summed E-state index contributed by atoms with van der Waals surface area (Å²) in [6.45, 7) is 1.48. The molecule has 0 saturated heterocycles. The number of rotatable bonds is 7. The van der Waals surface area contributed by atoms with E-state index in [1.807, 2.05) is 24.3 Å². The third-order valence-electron chi connectivity index (χ3n) is 2.90. The first-order valence-electron chi connectivity index (χ1n) is 6.62. The molecule has 0 aliphatic heterocycles. The summed E-state index contributed by atoms with van der Waals surface area (Å²) >= 11 is 0. The maximum absolute atomic E-state index is 13.2. The van der Waals surface area contributed by atoms with Gasteiger partial charge < -0.3 is 19.9 Å². The average Bonchev–Trinajstić information content (AvgIpc) is 2.49. The number of methoxy groups -OCH3 is 1. The third-order valence-corrected chi connectivity index (χ3v) is 2.90. The van der Waals surface area contributed by atoms with Crippen LogP contribution in [0.4, 0.5) is 10.1 Å². The fourth-order valence-corrected chi connectivity index (χ4v) is 1.80. The Hall–Kier alpha value is -2.27. The Labute approximate surface area is 123 Å². The summed E-state index contributed by atoms with van der Waals surface area (Å²) in [6.07, 6.45) is 0. The summed E-state index contributed by atoms with van der Waals surface area (Å²) in [7, 11) is 1.62. The second kappa shape index (κ2) is 7.50. The number of aromatic hydroxyl groups is 1. The average molecular weight is 291 g/mol. The van der Waals surface area contributed by atoms with E-state index in [9.17, 15) is 4.39 Å². The zero-order valence-corrected chi connectivity index (χ0v) is 11.8. The number of phenols is 1. The number of anilines is 1. The van der Waals surface area contributed by atoms with E-state index in [4.69, 9.17) is 14.6 Å². The molecule has 0 spiro atoms. The molecular formula is C16H18FNO3. The molecule has 4 nitrogen and oxygen atoms in total. The van der Waals surface area contributed by atoms with Crippen molar-refractivity contribution in [1.29, 1.82) is 0 Å². The summed E-state index contributed by atoms with van der Waals surface area (Å²) < 4.78 is 23.7. The highest BCUT2D eigenvalue weighted by molar-refractivity contribution is 5.48. The number of phenolic OH excluding ortho intramolecular Hbond substituents is 1. The maximum atomic E-state index is 13.2. The number of halogens is 1. The highest BCUT2D eigenvalue weighted by atomic mass is 19.1. The summed E-state index contributed by atoms with van der Waals surface area (Å²) in [6, 6.07) is 11.8. The first-order chi connectivity index (χ1) is 10.2. The molecule has 112 valence electrons. The molecule has 0 radical (unpaired) electrons. The molecule has 0 aromatic heterocycles. The van der Waals surface area contributed by atoms with Crippen molar-refractivity contribution >= 4 is 5.69 Å². The molecule has 0 fully saturated rings. The van der Waals surface area contributed by atoms with Crippen LogP contribution in [0.15, 0.2) is 42.5 Å². The minimum Gasteiger partial charge on any atom is -0.505 e. The normalized spacial score (nSPS) is 10.4. The van der Waals surface area contributed by atoms with E-state index in [1.165, 1.54) is 12.1 Å². The van der Waals surface area contributed by atoms with Crippen LogP contribution in [-0.4, -0.2) is 25.4 Å². The van der Waals surface area contributed by atoms with E-state index < -0.39 is 5.82 Å². The molecule has 0 bridgehead atoms. The molecule has 0 aliphatic carbocycles. The standard InChI is InChI=1S/C16H18FNO3/c1-20-7-8-21-14-4-2-3-13(10-14)18-11-12-5-6-16(19)15(17)9-12/h2-6,9-10,18-19H,7-8,11H2,1H3. The second-order valence-electron chi connectivity index (χ2n) is 4.51. The van der Waals surface area contributed by atoms with E-state index in [2.05, 4.69) is 5.32 Å². The molecule has 0 unspecified atom stereocenters. The first kappa shape index (κ1) is 15.1. The number of hydrogen-bond acceptors (Lipinski definition) is 4. The molecule has 0 saturated carbocycles. The lowest BCUT2D eigenvalue weighted by Gasteiger charge is -2.10. The van der Waals surface area contributed by atoms with E-state index in [0.717, 1.165) is 17.0 Å². The molecule has 0 amide bonds. The van der Waals surface area contributed by atoms with Gasteiger partial charge in [-0.25, -0.2) is 4.39 Å². The van der Waals surface area contributed by atoms with Gasteiger partial charge in [-0.1, -0.05) is 12.1 Å². The van der Waals surface area contributed by atoms with Crippen LogP contribution in [0.25, 0.3) is 0 Å². The van der Waals surface area contributed by atoms with Gasteiger partial charge in [0.25, 0.3) is 0 Å². The fraction of sp³-hybridized carbons (Fsp3) is 0.250. The molecular weight excluding hydrogens is 273 g/mol. The van der Waals surface area contributed by atoms with Gasteiger partial charge in [-0.05, 0) is 29.8 Å². The zero-order chi connectivity index (χ0) is 15.1. The minimum atomic E-state index is -0.619. The van der Waals surface area contributed by atoms with E-state index >= 15 is 0 Å². The van der Waals surface area contributed by atoms with E-state index in [-0.39, 0.29) is 5.75 Å². The molecule has 5 heteroatoms. The lowest BCUT2D eigenvalue weighted by atomic mass is 10.2. The van der Waals surface area contributed by atoms with Crippen molar-refractivity contribution in [3.8, 4) is 11.5 Å². The Bertz CT molecular complexity index is 589. The SMILES string of the molecule is COCCOc1cccc(NCc2ccc(O)c(F)c2)c1. The Morgan fingerprint density at radius 2 is 2.00 bits per heavy atom. The van der Waals surface area contributed by atoms with Crippen LogP contribution in [0.3, 0.4) is 0 Å². The molecule has 2 rings (SSSR count). The van der Waals surface area contributed by atoms with E-state index in [0.29, 0.717) is 19.8 Å². The third kappa shape index (κ3) is 4.65. The van der Waals surface area contributed by atoms with Crippen LogP contribution >= 0.6 is 0 Å². The van der Waals surface area contributed by atoms with Crippen molar-refractivity contribution in [1.82, 2.24) is 0 Å². The predicted molar refractivity (Wildman–Crippen MR) is 79.2 cm³/mol. The van der Waals surface area contributed by atoms with Gasteiger partial charge >= 0.3 is 0 Å². The number of ether oxygens (including phenoxy) is 2. The van der Waals surface area contributed by atoms with Crippen LogP contribution in [0, 0.1) is 5.82 Å². The van der Waals surface area contributed by atoms with Gasteiger partial charge in [0.1, 0.15) is 12.4 Å². The molecule has 0 atom stereocenters. The highest BCUT2D eigenvalue weighted by Crippen LogP contribution is 2.20. The van der Waals surface area contributed by atoms with Gasteiger partial charge in [0.15, 0.2) is 11.6 Å². The summed E-state index contributed by atoms with van der Waals surface area (Å²) in [5.41, 5.74) is 1.62. The molecule has 2 N–H and O–H groups in total. The van der Waals surface area contributed by atoms with Crippen LogP contribution < -0.4 is 10.1 Å². The minimum absolute atomic E-state index is 0.340. The predicted octanol–water partition coefficient (Wildman–Crippen LogP) is 3.17. The van der Waals surface area contributed by atoms with Gasteiger partial charge in [0, 0.05) is 25.4 Å². The van der Waals surface area contributed by atoms with Crippen molar-refractivity contribution < 1.29 is 19.0 Å². The fourth-order valence-electron chi connectivity index (χ4n) is 1.80. The van der Waals surface area contributed by atoms with Crippen molar-refractivity contribution in [3.63, 3.8) is 0 Å². The van der Waals surface area contributed by atoms with Crippen molar-refractivity contribution in [2.75, 3.05) is 25.6 Å². The van der Waals surface area contributed by atoms with Crippen LogP contribution in [-0.2, 0) is 11.3 Å². The quantitative estimate of drug-likeness (QED) is 0.769. The Balaban J connectivity index is 1.93. The summed E-state index contributed by atoms with van der Waals surface area (Å²) in [5.74, 6) is -0.216. The number of benzene rings is 2. The maximum Gasteiger partial charge on any atom is 0.165 e. The van der Waals surface area contributed by atoms with E-state index in [1.54, 1.807) is 13.2 Å². The number of nitrogens with one attached hydrogen (secondary N) is 1. The molecule has 2 aromatic carbocycles. The number of hydrogen-bond donors (Lipinski definition) is 2. The van der Waals surface area contributed by atoms with Crippen molar-refractivity contribution in [2.45, 2.75) is 6.54 Å². The Kier molecular flexibility index (Phi) is 5.40. The van der Waals surface area contributed by atoms with Gasteiger partial charge in [-0.2, -0.15) is 0 Å². The zero-order valence-electron chi connectivity index (χ0n) is 11.8. The topological polar surface area (TPSA) is 50.7 Å². The van der Waals surface area contributed by atoms with Gasteiger partial charge in [0.2, 0.25) is 0 Å². The molecule has 2 aromatic rings. The van der Waals surface area contributed by atoms with Gasteiger partial charge in [-0.3, -0.25) is 0 Å². The highest BCUT2D eigenvalue weighted by Gasteiger charge is 2.02. The monoisotopic (exact) mass is 291 g/mol. The van der Waals surface area contributed by atoms with Crippen molar-refractivity contribution in [3.05, 3.63) is 53.8 Å². The second-order valence-corrected chi connectivity index (χ2v) is 4.51. The van der Waals surface area contributed by atoms with Crippen LogP contribution in [0.5, 0.6) is 11.5 Å².